The van der Waals surface area contributed by atoms with E-state index in [0.29, 0.717) is 12.5 Å². The third-order valence-electron chi connectivity index (χ3n) is 2.94. The Morgan fingerprint density at radius 2 is 2.12 bits per heavy atom. The molecule has 17 heavy (non-hydrogen) atoms. The fraction of sp³-hybridized carbons (Fsp3) is 0.769. The summed E-state index contributed by atoms with van der Waals surface area (Å²) in [4.78, 5) is 0. The van der Waals surface area contributed by atoms with Crippen molar-refractivity contribution in [2.24, 2.45) is 13.0 Å². The lowest BCUT2D eigenvalue weighted by Gasteiger charge is -2.27. The summed E-state index contributed by atoms with van der Waals surface area (Å²) in [7, 11) is 1.93. The molecule has 4 nitrogen and oxygen atoms in total. The summed E-state index contributed by atoms with van der Waals surface area (Å²) < 4.78 is 1.86. The Hall–Kier alpha value is -0.870. The first-order chi connectivity index (χ1) is 7.82. The first kappa shape index (κ1) is 14.2. The van der Waals surface area contributed by atoms with E-state index >= 15 is 0 Å². The number of hydrogen-bond donors (Lipinski definition) is 2. The number of hydrogen-bond acceptors (Lipinski definition) is 3. The number of aliphatic hydroxyl groups is 1. The molecular weight excluding hydrogens is 214 g/mol. The van der Waals surface area contributed by atoms with Gasteiger partial charge in [0.25, 0.3) is 0 Å². The Labute approximate surface area is 104 Å². The Balaban J connectivity index is 2.48. The van der Waals surface area contributed by atoms with Gasteiger partial charge in [-0.2, -0.15) is 5.10 Å². The summed E-state index contributed by atoms with van der Waals surface area (Å²) >= 11 is 0. The molecule has 0 aliphatic heterocycles. The molecule has 0 fully saturated rings. The van der Waals surface area contributed by atoms with Crippen LogP contribution in [0.15, 0.2) is 12.3 Å². The summed E-state index contributed by atoms with van der Waals surface area (Å²) in [5.74, 6) is 0.499. The van der Waals surface area contributed by atoms with E-state index in [1.165, 1.54) is 0 Å². The third-order valence-corrected chi connectivity index (χ3v) is 2.94. The van der Waals surface area contributed by atoms with E-state index in [1.807, 2.05) is 24.7 Å². The highest BCUT2D eigenvalue weighted by Crippen LogP contribution is 2.17. The zero-order valence-electron chi connectivity index (χ0n) is 11.6. The van der Waals surface area contributed by atoms with Gasteiger partial charge in [0, 0.05) is 25.8 Å². The lowest BCUT2D eigenvalue weighted by atomic mass is 9.94. The van der Waals surface area contributed by atoms with Crippen LogP contribution in [0.3, 0.4) is 0 Å². The third kappa shape index (κ3) is 4.48. The van der Waals surface area contributed by atoms with Gasteiger partial charge in [-0.05, 0) is 32.3 Å². The van der Waals surface area contributed by atoms with Crippen LogP contribution >= 0.6 is 0 Å². The van der Waals surface area contributed by atoms with Crippen molar-refractivity contribution in [2.45, 2.75) is 45.8 Å². The quantitative estimate of drug-likeness (QED) is 0.797. The van der Waals surface area contributed by atoms with Gasteiger partial charge in [0.1, 0.15) is 0 Å². The largest absolute Gasteiger partial charge is 0.389 e. The number of nitrogens with zero attached hydrogens (tertiary/aromatic N) is 2. The van der Waals surface area contributed by atoms with Crippen molar-refractivity contribution in [1.82, 2.24) is 15.1 Å². The van der Waals surface area contributed by atoms with Crippen molar-refractivity contribution >= 4 is 0 Å². The van der Waals surface area contributed by atoms with Crippen LogP contribution in [-0.4, -0.2) is 27.0 Å². The zero-order valence-corrected chi connectivity index (χ0v) is 11.6. The van der Waals surface area contributed by atoms with Gasteiger partial charge in [-0.15, -0.1) is 0 Å². The van der Waals surface area contributed by atoms with Gasteiger partial charge in [-0.3, -0.25) is 4.68 Å². The Morgan fingerprint density at radius 1 is 1.47 bits per heavy atom. The van der Waals surface area contributed by atoms with Crippen molar-refractivity contribution in [3.05, 3.63) is 18.0 Å². The second-order valence-electron chi connectivity index (χ2n) is 5.58. The van der Waals surface area contributed by atoms with Crippen LogP contribution in [0.2, 0.25) is 0 Å². The monoisotopic (exact) mass is 239 g/mol. The molecule has 0 bridgehead atoms. The molecule has 0 amide bonds. The average Bonchev–Trinajstić information content (AvgIpc) is 2.59. The minimum Gasteiger partial charge on any atom is -0.389 e. The molecule has 1 aromatic rings. The second kappa shape index (κ2) is 5.65. The highest BCUT2D eigenvalue weighted by molar-refractivity contribution is 5.05. The molecule has 2 unspecified atom stereocenters. The molecule has 0 aromatic carbocycles. The first-order valence-corrected chi connectivity index (χ1v) is 6.25. The summed E-state index contributed by atoms with van der Waals surface area (Å²) in [6.07, 6.45) is 2.60. The molecule has 0 aliphatic carbocycles. The Morgan fingerprint density at radius 3 is 2.59 bits per heavy atom. The maximum atomic E-state index is 10.2. The van der Waals surface area contributed by atoms with Gasteiger partial charge in [0.05, 0.1) is 11.3 Å². The molecule has 0 spiro atoms. The van der Waals surface area contributed by atoms with Crippen LogP contribution < -0.4 is 5.32 Å². The van der Waals surface area contributed by atoms with Gasteiger partial charge < -0.3 is 10.4 Å². The normalized spacial score (nSPS) is 17.1. The van der Waals surface area contributed by atoms with Crippen LogP contribution in [0.1, 0.15) is 45.9 Å². The number of aryl methyl sites for hydroxylation is 1. The molecular formula is C13H25N3O. The zero-order chi connectivity index (χ0) is 13.1. The van der Waals surface area contributed by atoms with Crippen LogP contribution in [0.25, 0.3) is 0 Å². The SMILES string of the molecule is CC(C)CC(C)(O)CNC(C)c1ccnn1C. The molecule has 4 heteroatoms. The van der Waals surface area contributed by atoms with Crippen molar-refractivity contribution in [2.75, 3.05) is 6.54 Å². The molecule has 2 N–H and O–H groups in total. The predicted octanol–water partition coefficient (Wildman–Crippen LogP) is 1.87. The topological polar surface area (TPSA) is 50.1 Å². The maximum Gasteiger partial charge on any atom is 0.0746 e. The van der Waals surface area contributed by atoms with E-state index in [1.54, 1.807) is 6.20 Å². The maximum absolute atomic E-state index is 10.2. The van der Waals surface area contributed by atoms with Gasteiger partial charge in [-0.25, -0.2) is 0 Å². The average molecular weight is 239 g/mol. The molecule has 1 rings (SSSR count). The number of aromatic nitrogens is 2. The minimum absolute atomic E-state index is 0.195. The molecule has 2 atom stereocenters. The van der Waals surface area contributed by atoms with E-state index in [9.17, 15) is 5.11 Å². The summed E-state index contributed by atoms with van der Waals surface area (Å²) in [5.41, 5.74) is 0.478. The predicted molar refractivity (Wildman–Crippen MR) is 69.7 cm³/mol. The minimum atomic E-state index is -0.652. The van der Waals surface area contributed by atoms with Crippen molar-refractivity contribution in [3.8, 4) is 0 Å². The van der Waals surface area contributed by atoms with Crippen LogP contribution in [0.4, 0.5) is 0 Å². The molecule has 0 aliphatic rings. The van der Waals surface area contributed by atoms with E-state index in [0.717, 1.165) is 12.1 Å². The fourth-order valence-corrected chi connectivity index (χ4v) is 2.24. The van der Waals surface area contributed by atoms with Crippen molar-refractivity contribution in [3.63, 3.8) is 0 Å². The number of nitrogens with one attached hydrogen (secondary N) is 1. The molecule has 98 valence electrons. The van der Waals surface area contributed by atoms with E-state index in [-0.39, 0.29) is 6.04 Å². The highest BCUT2D eigenvalue weighted by atomic mass is 16.3. The van der Waals surface area contributed by atoms with Crippen LogP contribution in [-0.2, 0) is 7.05 Å². The lowest BCUT2D eigenvalue weighted by Crippen LogP contribution is -2.40. The fourth-order valence-electron chi connectivity index (χ4n) is 2.24. The van der Waals surface area contributed by atoms with E-state index < -0.39 is 5.60 Å². The van der Waals surface area contributed by atoms with E-state index in [2.05, 4.69) is 31.2 Å². The van der Waals surface area contributed by atoms with Gasteiger partial charge in [-0.1, -0.05) is 13.8 Å². The summed E-state index contributed by atoms with van der Waals surface area (Å²) in [5, 5.41) is 17.7. The molecule has 0 saturated carbocycles. The molecule has 0 radical (unpaired) electrons. The standard InChI is InChI=1S/C13H25N3O/c1-10(2)8-13(4,17)9-14-11(3)12-6-7-15-16(12)5/h6-7,10-11,14,17H,8-9H2,1-5H3. The Bertz CT molecular complexity index is 344. The summed E-state index contributed by atoms with van der Waals surface area (Å²) in [6, 6.07) is 2.19. The van der Waals surface area contributed by atoms with Gasteiger partial charge in [0.15, 0.2) is 0 Å². The van der Waals surface area contributed by atoms with Crippen LogP contribution in [0.5, 0.6) is 0 Å². The van der Waals surface area contributed by atoms with Crippen molar-refractivity contribution in [1.29, 1.82) is 0 Å². The number of rotatable bonds is 6. The molecule has 0 saturated heterocycles. The smallest absolute Gasteiger partial charge is 0.0746 e. The van der Waals surface area contributed by atoms with E-state index in [4.69, 9.17) is 0 Å². The van der Waals surface area contributed by atoms with Gasteiger partial charge in [0.2, 0.25) is 0 Å². The lowest BCUT2D eigenvalue weighted by molar-refractivity contribution is 0.0361. The molecule has 1 aromatic heterocycles. The van der Waals surface area contributed by atoms with Crippen molar-refractivity contribution < 1.29 is 5.11 Å². The molecule has 1 heterocycles. The first-order valence-electron chi connectivity index (χ1n) is 6.25. The summed E-state index contributed by atoms with van der Waals surface area (Å²) in [6.45, 7) is 8.81. The second-order valence-corrected chi connectivity index (χ2v) is 5.58. The highest BCUT2D eigenvalue weighted by Gasteiger charge is 2.22. The van der Waals surface area contributed by atoms with Gasteiger partial charge >= 0.3 is 0 Å². The Kier molecular flexibility index (Phi) is 4.71. The van der Waals surface area contributed by atoms with Crippen LogP contribution in [0, 0.1) is 5.92 Å².